The highest BCUT2D eigenvalue weighted by Crippen LogP contribution is 2.44. The molecule has 1 N–H and O–H groups in total. The van der Waals surface area contributed by atoms with Gasteiger partial charge in [-0.15, -0.1) is 11.3 Å². The van der Waals surface area contributed by atoms with E-state index in [-0.39, 0.29) is 49.0 Å². The van der Waals surface area contributed by atoms with Gasteiger partial charge in [0.25, 0.3) is 5.92 Å². The second kappa shape index (κ2) is 11.4. The number of esters is 2. The molecule has 0 radical (unpaired) electrons. The van der Waals surface area contributed by atoms with Gasteiger partial charge in [0.2, 0.25) is 0 Å². The number of ether oxygens (including phenoxy) is 2. The first kappa shape index (κ1) is 29.3. The molecule has 1 saturated carbocycles. The number of halogens is 3. The van der Waals surface area contributed by atoms with Gasteiger partial charge in [-0.3, -0.25) is 14.7 Å². The van der Waals surface area contributed by atoms with Gasteiger partial charge >= 0.3 is 18.0 Å². The standard InChI is InChI=1S/C29H30F3N5O5S/c1-3-41-27(39)22-20(34-24(25-33-9-10-43-25)35-23(22)17-5-4-6-19(30)15(17)2)12-37-14-29(31,32)18-11-36(13-21(18)37)28(40)42-26(38)16-7-8-16/h4-6,9-10,16,18,21,23H,3,7-8,11-14H2,1-2H3,(H,34,35)/t18?,21?,23-/m0/s1. The van der Waals surface area contributed by atoms with Crippen LogP contribution in [-0.4, -0.2) is 83.4 Å². The van der Waals surface area contributed by atoms with Crippen molar-refractivity contribution in [1.82, 2.24) is 20.1 Å². The summed E-state index contributed by atoms with van der Waals surface area (Å²) in [5.41, 5.74) is 1.06. The number of fused-ring (bicyclic) bond motifs is 1. The molecule has 3 aliphatic heterocycles. The normalized spacial score (nSPS) is 24.8. The van der Waals surface area contributed by atoms with E-state index in [0.717, 1.165) is 4.90 Å². The number of thiazole rings is 1. The fourth-order valence-electron chi connectivity index (χ4n) is 5.92. The monoisotopic (exact) mass is 617 g/mol. The van der Waals surface area contributed by atoms with Crippen LogP contribution in [-0.2, 0) is 19.1 Å². The molecule has 2 saturated heterocycles. The largest absolute Gasteiger partial charge is 0.463 e. The van der Waals surface area contributed by atoms with Gasteiger partial charge in [0.1, 0.15) is 11.9 Å². The molecule has 2 aromatic rings. The third-order valence-corrected chi connectivity index (χ3v) is 9.07. The van der Waals surface area contributed by atoms with E-state index in [9.17, 15) is 18.8 Å². The Hall–Kier alpha value is -3.78. The summed E-state index contributed by atoms with van der Waals surface area (Å²) >= 11 is 1.29. The van der Waals surface area contributed by atoms with E-state index < -0.39 is 54.3 Å². The van der Waals surface area contributed by atoms with Gasteiger partial charge in [-0.05, 0) is 43.9 Å². The Morgan fingerprint density at radius 3 is 2.70 bits per heavy atom. The first-order chi connectivity index (χ1) is 20.6. The van der Waals surface area contributed by atoms with Crippen molar-refractivity contribution < 1.29 is 37.0 Å². The highest BCUT2D eigenvalue weighted by atomic mass is 32.1. The SMILES string of the molecule is CCOC(=O)C1=C(CN2CC(F)(F)C3CN(C(=O)OC(=O)C4CC4)CC32)NC(c2nccs2)=N[C@H]1c1cccc(F)c1C. The number of aromatic nitrogens is 1. The number of alkyl halides is 2. The molecule has 2 unspecified atom stereocenters. The summed E-state index contributed by atoms with van der Waals surface area (Å²) in [6.45, 7) is 2.20. The second-order valence-corrected chi connectivity index (χ2v) is 12.0. The van der Waals surface area contributed by atoms with E-state index in [1.807, 2.05) is 0 Å². The van der Waals surface area contributed by atoms with Gasteiger partial charge in [0.15, 0.2) is 10.8 Å². The van der Waals surface area contributed by atoms with Crippen LogP contribution in [0.2, 0.25) is 0 Å². The number of amides is 1. The number of carbonyl (C=O) groups is 3. The van der Waals surface area contributed by atoms with Crippen molar-refractivity contribution in [3.05, 3.63) is 63.0 Å². The van der Waals surface area contributed by atoms with Crippen LogP contribution in [0.5, 0.6) is 0 Å². The highest BCUT2D eigenvalue weighted by Gasteiger charge is 2.59. The van der Waals surface area contributed by atoms with Crippen molar-refractivity contribution in [1.29, 1.82) is 0 Å². The quantitative estimate of drug-likeness (QED) is 0.369. The molecule has 4 aliphatic rings. The predicted molar refractivity (Wildman–Crippen MR) is 149 cm³/mol. The van der Waals surface area contributed by atoms with Gasteiger partial charge in [0.05, 0.1) is 30.6 Å². The minimum Gasteiger partial charge on any atom is -0.463 e. The highest BCUT2D eigenvalue weighted by molar-refractivity contribution is 7.11. The molecule has 14 heteroatoms. The first-order valence-corrected chi connectivity index (χ1v) is 15.0. The molecule has 3 fully saturated rings. The van der Waals surface area contributed by atoms with Crippen molar-refractivity contribution >= 4 is 35.2 Å². The lowest BCUT2D eigenvalue weighted by Crippen LogP contribution is -2.44. The van der Waals surface area contributed by atoms with E-state index in [4.69, 9.17) is 14.5 Å². The zero-order valence-electron chi connectivity index (χ0n) is 23.5. The average Bonchev–Trinajstić information content (AvgIpc) is 3.38. The van der Waals surface area contributed by atoms with Crippen LogP contribution in [0.25, 0.3) is 0 Å². The van der Waals surface area contributed by atoms with Gasteiger partial charge in [-0.1, -0.05) is 12.1 Å². The zero-order valence-corrected chi connectivity index (χ0v) is 24.3. The van der Waals surface area contributed by atoms with Crippen molar-refractivity contribution in [2.75, 3.05) is 32.8 Å². The first-order valence-electron chi connectivity index (χ1n) is 14.1. The molecule has 4 heterocycles. The fraction of sp³-hybridized carbons (Fsp3) is 0.483. The molecule has 1 amide bonds. The van der Waals surface area contributed by atoms with E-state index in [2.05, 4.69) is 10.3 Å². The topological polar surface area (TPSA) is 113 Å². The Bertz CT molecular complexity index is 1510. The van der Waals surface area contributed by atoms with Crippen LogP contribution in [0, 0.1) is 24.6 Å². The number of hydrogen-bond acceptors (Lipinski definition) is 10. The predicted octanol–water partition coefficient (Wildman–Crippen LogP) is 3.82. The summed E-state index contributed by atoms with van der Waals surface area (Å²) in [4.78, 5) is 49.9. The molecule has 10 nitrogen and oxygen atoms in total. The van der Waals surface area contributed by atoms with Crippen molar-refractivity contribution in [3.8, 4) is 0 Å². The van der Waals surface area contributed by atoms with Crippen LogP contribution in [0.15, 0.2) is 46.0 Å². The van der Waals surface area contributed by atoms with Crippen LogP contribution in [0.1, 0.15) is 41.9 Å². The maximum atomic E-state index is 15.4. The summed E-state index contributed by atoms with van der Waals surface area (Å²) in [5, 5.41) is 5.39. The van der Waals surface area contributed by atoms with Crippen molar-refractivity contribution in [2.45, 2.75) is 44.7 Å². The number of rotatable bonds is 7. The van der Waals surface area contributed by atoms with Gasteiger partial charge < -0.3 is 19.7 Å². The molecule has 228 valence electrons. The molecule has 0 bridgehead atoms. The van der Waals surface area contributed by atoms with Gasteiger partial charge in [-0.2, -0.15) is 0 Å². The summed E-state index contributed by atoms with van der Waals surface area (Å²) in [6, 6.07) is 2.73. The number of carbonyl (C=O) groups excluding carboxylic acids is 3. The second-order valence-electron chi connectivity index (χ2n) is 11.1. The summed E-state index contributed by atoms with van der Waals surface area (Å²) < 4.78 is 55.8. The van der Waals surface area contributed by atoms with Crippen LogP contribution in [0.4, 0.5) is 18.0 Å². The number of likely N-dealkylation sites (tertiary alicyclic amines) is 2. The van der Waals surface area contributed by atoms with E-state index in [1.165, 1.54) is 28.4 Å². The van der Waals surface area contributed by atoms with Crippen LogP contribution < -0.4 is 5.32 Å². The van der Waals surface area contributed by atoms with E-state index in [0.29, 0.717) is 29.2 Å². The zero-order chi connectivity index (χ0) is 30.5. The minimum atomic E-state index is -3.15. The van der Waals surface area contributed by atoms with Crippen molar-refractivity contribution in [3.63, 3.8) is 0 Å². The lowest BCUT2D eigenvalue weighted by atomic mass is 9.92. The number of amidine groups is 1. The minimum absolute atomic E-state index is 0.0522. The Morgan fingerprint density at radius 1 is 1.21 bits per heavy atom. The Balaban J connectivity index is 1.35. The molecular weight excluding hydrogens is 587 g/mol. The third kappa shape index (κ3) is 5.65. The van der Waals surface area contributed by atoms with E-state index in [1.54, 1.807) is 31.5 Å². The number of nitrogens with one attached hydrogen (secondary N) is 1. The summed E-state index contributed by atoms with van der Waals surface area (Å²) in [7, 11) is 0. The van der Waals surface area contributed by atoms with Gasteiger partial charge in [0, 0.05) is 43.0 Å². The average molecular weight is 618 g/mol. The lowest BCUT2D eigenvalue weighted by molar-refractivity contribution is -0.140. The number of nitrogens with zero attached hydrogens (tertiary/aromatic N) is 4. The molecule has 1 aromatic heterocycles. The number of benzene rings is 1. The summed E-state index contributed by atoms with van der Waals surface area (Å²) in [6.07, 6.45) is 1.96. The Labute approximate surface area is 249 Å². The Morgan fingerprint density at radius 2 is 2.00 bits per heavy atom. The molecule has 1 aromatic carbocycles. The third-order valence-electron chi connectivity index (χ3n) is 8.29. The Kier molecular flexibility index (Phi) is 7.75. The smallest absolute Gasteiger partial charge is 0.417 e. The molecule has 43 heavy (non-hydrogen) atoms. The molecular formula is C29H30F3N5O5S. The fourth-order valence-corrected chi connectivity index (χ4v) is 6.51. The number of hydrogen-bond donors (Lipinski definition) is 1. The molecule has 6 rings (SSSR count). The molecule has 0 spiro atoms. The summed E-state index contributed by atoms with van der Waals surface area (Å²) in [5.74, 6) is -6.16. The maximum Gasteiger partial charge on any atom is 0.417 e. The lowest BCUT2D eigenvalue weighted by Gasteiger charge is -2.31. The van der Waals surface area contributed by atoms with E-state index >= 15 is 8.78 Å². The van der Waals surface area contributed by atoms with Crippen LogP contribution >= 0.6 is 11.3 Å². The van der Waals surface area contributed by atoms with Crippen molar-refractivity contribution in [2.24, 2.45) is 16.8 Å². The molecule has 1 aliphatic carbocycles. The van der Waals surface area contributed by atoms with Crippen LogP contribution in [0.3, 0.4) is 0 Å². The molecule has 3 atom stereocenters. The maximum absolute atomic E-state index is 15.4. The van der Waals surface area contributed by atoms with Gasteiger partial charge in [-0.25, -0.2) is 27.7 Å². The number of aliphatic imine (C=N–C) groups is 1.